The highest BCUT2D eigenvalue weighted by atomic mass is 16.5. The van der Waals surface area contributed by atoms with Gasteiger partial charge in [0.1, 0.15) is 41.2 Å². The number of carbonyl (C=O) groups excluding carboxylic acids is 2. The van der Waals surface area contributed by atoms with Gasteiger partial charge < -0.3 is 24.8 Å². The number of aliphatic hydroxyl groups is 1. The monoisotopic (exact) mass is 496 g/mol. The zero-order valence-corrected chi connectivity index (χ0v) is 20.5. The van der Waals surface area contributed by atoms with Crippen molar-refractivity contribution >= 4 is 17.5 Å². The lowest BCUT2D eigenvalue weighted by Crippen LogP contribution is -2.49. The Morgan fingerprint density at radius 2 is 1.89 bits per heavy atom. The van der Waals surface area contributed by atoms with E-state index in [2.05, 4.69) is 22.1 Å². The van der Waals surface area contributed by atoms with Gasteiger partial charge in [0.05, 0.1) is 17.3 Å². The summed E-state index contributed by atoms with van der Waals surface area (Å²) in [6.07, 6.45) is 1.43. The van der Waals surface area contributed by atoms with Crippen molar-refractivity contribution in [3.63, 3.8) is 0 Å². The molecule has 0 unspecified atom stereocenters. The van der Waals surface area contributed by atoms with Gasteiger partial charge in [-0.2, -0.15) is 5.26 Å². The number of pyridine rings is 1. The van der Waals surface area contributed by atoms with Crippen LogP contribution in [-0.2, 0) is 4.79 Å². The molecule has 0 radical (unpaired) electrons. The fourth-order valence-corrected chi connectivity index (χ4v) is 3.47. The minimum atomic E-state index is -1.15. The van der Waals surface area contributed by atoms with E-state index in [-0.39, 0.29) is 18.2 Å². The molecular formula is C28H24N4O5. The van der Waals surface area contributed by atoms with Crippen molar-refractivity contribution in [2.45, 2.75) is 25.5 Å². The minimum Gasteiger partial charge on any atom is -0.489 e. The van der Waals surface area contributed by atoms with Crippen LogP contribution < -0.4 is 19.7 Å². The van der Waals surface area contributed by atoms with Crippen LogP contribution in [0.4, 0.5) is 5.69 Å². The molecule has 2 heterocycles. The molecule has 37 heavy (non-hydrogen) atoms. The van der Waals surface area contributed by atoms with Crippen LogP contribution >= 0.6 is 0 Å². The van der Waals surface area contributed by atoms with Crippen molar-refractivity contribution in [1.82, 2.24) is 10.3 Å². The van der Waals surface area contributed by atoms with Gasteiger partial charge in [-0.25, -0.2) is 0 Å². The molecular weight excluding hydrogens is 472 g/mol. The van der Waals surface area contributed by atoms with Crippen LogP contribution in [0.2, 0.25) is 0 Å². The average Bonchev–Trinajstić information content (AvgIpc) is 2.99. The van der Waals surface area contributed by atoms with E-state index in [1.807, 2.05) is 6.07 Å². The fraction of sp³-hybridized carbons (Fsp3) is 0.214. The molecule has 2 aromatic carbocycles. The Morgan fingerprint density at radius 1 is 1.16 bits per heavy atom. The summed E-state index contributed by atoms with van der Waals surface area (Å²) in [6.45, 7) is 3.09. The molecule has 2 amide bonds. The number of likely N-dealkylation sites (N-methyl/N-ethyl adjacent to an activating group) is 1. The van der Waals surface area contributed by atoms with E-state index in [1.165, 1.54) is 17.2 Å². The second-order valence-electron chi connectivity index (χ2n) is 8.84. The van der Waals surface area contributed by atoms with Gasteiger partial charge in [-0.05, 0) is 62.4 Å². The Hall–Kier alpha value is -4.86. The van der Waals surface area contributed by atoms with Crippen LogP contribution in [0.15, 0.2) is 60.8 Å². The molecule has 0 spiro atoms. The number of rotatable bonds is 4. The number of amides is 2. The molecule has 186 valence electrons. The van der Waals surface area contributed by atoms with Crippen molar-refractivity contribution in [2.75, 3.05) is 18.6 Å². The molecule has 1 atom stereocenters. The number of nitriles is 1. The summed E-state index contributed by atoms with van der Waals surface area (Å²) in [5, 5.41) is 21.5. The Morgan fingerprint density at radius 3 is 2.59 bits per heavy atom. The zero-order valence-electron chi connectivity index (χ0n) is 20.5. The van der Waals surface area contributed by atoms with Gasteiger partial charge in [-0.3, -0.25) is 14.6 Å². The number of nitrogens with one attached hydrogen (secondary N) is 1. The van der Waals surface area contributed by atoms with Crippen LogP contribution in [0.1, 0.15) is 35.5 Å². The number of anilines is 1. The lowest BCUT2D eigenvalue weighted by atomic mass is 10.1. The molecule has 9 heteroatoms. The van der Waals surface area contributed by atoms with Gasteiger partial charge in [-0.1, -0.05) is 11.8 Å². The van der Waals surface area contributed by atoms with Gasteiger partial charge in [-0.15, -0.1) is 0 Å². The van der Waals surface area contributed by atoms with Crippen LogP contribution in [0.5, 0.6) is 17.2 Å². The maximum atomic E-state index is 13.2. The Bertz CT molecular complexity index is 1440. The summed E-state index contributed by atoms with van der Waals surface area (Å²) in [4.78, 5) is 31.6. The first-order valence-corrected chi connectivity index (χ1v) is 11.4. The quantitative estimate of drug-likeness (QED) is 0.532. The molecule has 0 saturated carbocycles. The Labute approximate surface area is 214 Å². The molecule has 0 saturated heterocycles. The maximum Gasteiger partial charge on any atom is 0.270 e. The Balaban J connectivity index is 1.47. The predicted molar refractivity (Wildman–Crippen MR) is 135 cm³/mol. The van der Waals surface area contributed by atoms with Gasteiger partial charge in [0.2, 0.25) is 0 Å². The summed E-state index contributed by atoms with van der Waals surface area (Å²) in [5.74, 6) is 6.03. The van der Waals surface area contributed by atoms with Crippen LogP contribution in [0.25, 0.3) is 0 Å². The third-order valence-corrected chi connectivity index (χ3v) is 5.36. The fourth-order valence-electron chi connectivity index (χ4n) is 3.47. The molecule has 1 aliphatic heterocycles. The van der Waals surface area contributed by atoms with Crippen LogP contribution in [0, 0.1) is 23.2 Å². The van der Waals surface area contributed by atoms with Crippen molar-refractivity contribution in [1.29, 1.82) is 5.26 Å². The molecule has 4 rings (SSSR count). The van der Waals surface area contributed by atoms with Crippen LogP contribution in [0.3, 0.4) is 0 Å². The molecule has 0 fully saturated rings. The molecule has 2 N–H and O–H groups in total. The molecule has 0 bridgehead atoms. The van der Waals surface area contributed by atoms with Crippen molar-refractivity contribution in [3.8, 4) is 35.2 Å². The Kier molecular flexibility index (Phi) is 7.10. The second kappa shape index (κ2) is 10.4. The summed E-state index contributed by atoms with van der Waals surface area (Å²) in [5.41, 5.74) is 0.518. The number of nitrogens with zero attached hydrogens (tertiary/aromatic N) is 3. The van der Waals surface area contributed by atoms with Gasteiger partial charge in [0.15, 0.2) is 0 Å². The topological polar surface area (TPSA) is 125 Å². The van der Waals surface area contributed by atoms with Gasteiger partial charge in [0, 0.05) is 24.9 Å². The first-order chi connectivity index (χ1) is 17.6. The lowest BCUT2D eigenvalue weighted by molar-refractivity contribution is -0.120. The first-order valence-electron chi connectivity index (χ1n) is 11.4. The summed E-state index contributed by atoms with van der Waals surface area (Å²) in [6, 6.07) is 15.8. The zero-order chi connectivity index (χ0) is 26.6. The number of aromatic nitrogens is 1. The molecule has 1 aliphatic rings. The van der Waals surface area contributed by atoms with E-state index in [4.69, 9.17) is 14.7 Å². The normalized spacial score (nSPS) is 14.7. The highest BCUT2D eigenvalue weighted by Gasteiger charge is 2.31. The summed E-state index contributed by atoms with van der Waals surface area (Å²) < 4.78 is 11.6. The number of carbonyl (C=O) groups is 2. The van der Waals surface area contributed by atoms with E-state index in [1.54, 1.807) is 69.4 Å². The van der Waals surface area contributed by atoms with E-state index in [0.717, 1.165) is 0 Å². The molecule has 0 aliphatic carbocycles. The van der Waals surface area contributed by atoms with E-state index in [0.29, 0.717) is 34.1 Å². The number of hydrogen-bond donors (Lipinski definition) is 2. The largest absolute Gasteiger partial charge is 0.489 e. The minimum absolute atomic E-state index is 0.0625. The maximum absolute atomic E-state index is 13.2. The second-order valence-corrected chi connectivity index (χ2v) is 8.84. The smallest absolute Gasteiger partial charge is 0.270 e. The van der Waals surface area contributed by atoms with Crippen molar-refractivity contribution in [2.24, 2.45) is 0 Å². The molecule has 9 nitrogen and oxygen atoms in total. The lowest BCUT2D eigenvalue weighted by Gasteiger charge is -2.20. The third kappa shape index (κ3) is 6.23. The average molecular weight is 497 g/mol. The summed E-state index contributed by atoms with van der Waals surface area (Å²) >= 11 is 0. The number of benzene rings is 2. The number of fused-ring (bicyclic) bond motifs is 1. The van der Waals surface area contributed by atoms with Crippen molar-refractivity contribution in [3.05, 3.63) is 77.6 Å². The summed E-state index contributed by atoms with van der Waals surface area (Å²) in [7, 11) is 1.59. The SMILES string of the molecule is CN1C(=O)[C@H](NC(=O)c2cc(Oc3ccc(C#N)cc3)ccn2)COc2ccc(C#CC(C)(C)O)cc21. The molecule has 3 aromatic rings. The van der Waals surface area contributed by atoms with Gasteiger partial charge >= 0.3 is 0 Å². The highest BCUT2D eigenvalue weighted by Crippen LogP contribution is 2.31. The third-order valence-electron chi connectivity index (χ3n) is 5.36. The van der Waals surface area contributed by atoms with E-state index < -0.39 is 17.6 Å². The number of hydrogen-bond acceptors (Lipinski definition) is 7. The van der Waals surface area contributed by atoms with E-state index in [9.17, 15) is 14.7 Å². The standard InChI is InChI=1S/C28H24N4O5/c1-28(2,35)12-10-18-6-9-25-24(14-18)32(3)27(34)23(17-36-25)31-26(33)22-15-21(11-13-30-22)37-20-7-4-19(16-29)5-8-20/h4-9,11,13-15,23,35H,17H2,1-3H3,(H,31,33)/t23-/m1/s1. The van der Waals surface area contributed by atoms with Crippen molar-refractivity contribution < 1.29 is 24.2 Å². The predicted octanol–water partition coefficient (Wildman–Crippen LogP) is 3.02. The highest BCUT2D eigenvalue weighted by molar-refractivity contribution is 6.03. The first kappa shape index (κ1) is 25.2. The van der Waals surface area contributed by atoms with Gasteiger partial charge in [0.25, 0.3) is 11.8 Å². The van der Waals surface area contributed by atoms with Crippen LogP contribution in [-0.4, -0.2) is 47.2 Å². The molecule has 1 aromatic heterocycles. The van der Waals surface area contributed by atoms with E-state index >= 15 is 0 Å². The number of ether oxygens (including phenoxy) is 2.